The fourth-order valence-corrected chi connectivity index (χ4v) is 3.34. The van der Waals surface area contributed by atoms with Gasteiger partial charge >= 0.3 is 0 Å². The van der Waals surface area contributed by atoms with Crippen molar-refractivity contribution in [3.8, 4) is 5.88 Å². The molecule has 0 spiro atoms. The number of carbonyl (C=O) groups excluding carboxylic acids is 1. The highest BCUT2D eigenvalue weighted by Gasteiger charge is 2.17. The predicted octanol–water partition coefficient (Wildman–Crippen LogP) is 2.67. The largest absolute Gasteiger partial charge is 0.474 e. The molecule has 1 heterocycles. The molecule has 1 fully saturated rings. The number of pyridine rings is 1. The van der Waals surface area contributed by atoms with Crippen LogP contribution in [0.5, 0.6) is 5.88 Å². The van der Waals surface area contributed by atoms with Gasteiger partial charge in [0.15, 0.2) is 5.96 Å². The quantitative estimate of drug-likeness (QED) is 0.519. The maximum absolute atomic E-state index is 12.4. The molecule has 2 rings (SSSR count). The van der Waals surface area contributed by atoms with Crippen LogP contribution < -0.4 is 10.1 Å². The number of guanidine groups is 1. The number of ether oxygens (including phenoxy) is 1. The third-order valence-electron chi connectivity index (χ3n) is 4.98. The molecule has 1 aliphatic carbocycles. The number of carbonyl (C=O) groups is 1. The number of aromatic nitrogens is 1. The second-order valence-corrected chi connectivity index (χ2v) is 7.12. The molecule has 7 nitrogen and oxygen atoms in total. The molecule has 0 bridgehead atoms. The second kappa shape index (κ2) is 11.5. The molecule has 0 atom stereocenters. The Morgan fingerprint density at radius 2 is 1.96 bits per heavy atom. The fraction of sp³-hybridized carbons (Fsp3) is 0.667. The zero-order valence-electron chi connectivity index (χ0n) is 17.8. The Morgan fingerprint density at radius 1 is 1.25 bits per heavy atom. The van der Waals surface area contributed by atoms with Gasteiger partial charge in [0, 0.05) is 38.9 Å². The van der Waals surface area contributed by atoms with Crippen LogP contribution in [-0.4, -0.2) is 66.0 Å². The van der Waals surface area contributed by atoms with E-state index in [0.29, 0.717) is 31.0 Å². The van der Waals surface area contributed by atoms with Crippen LogP contribution in [-0.2, 0) is 11.3 Å². The van der Waals surface area contributed by atoms with Gasteiger partial charge in [-0.25, -0.2) is 9.98 Å². The highest BCUT2D eigenvalue weighted by Crippen LogP contribution is 2.22. The molecule has 0 aliphatic heterocycles. The third kappa shape index (κ3) is 6.69. The lowest BCUT2D eigenvalue weighted by molar-refractivity contribution is -0.131. The zero-order valence-corrected chi connectivity index (χ0v) is 17.8. The summed E-state index contributed by atoms with van der Waals surface area (Å²) in [4.78, 5) is 25.1. The molecule has 1 saturated carbocycles. The molecule has 1 aromatic heterocycles. The van der Waals surface area contributed by atoms with Crippen LogP contribution in [0.2, 0.25) is 0 Å². The summed E-state index contributed by atoms with van der Waals surface area (Å²) in [6.45, 7) is 9.00. The molecule has 0 saturated heterocycles. The molecule has 0 radical (unpaired) electrons. The summed E-state index contributed by atoms with van der Waals surface area (Å²) < 4.78 is 5.91. The molecule has 28 heavy (non-hydrogen) atoms. The predicted molar refractivity (Wildman–Crippen MR) is 112 cm³/mol. The minimum Gasteiger partial charge on any atom is -0.474 e. The van der Waals surface area contributed by atoms with E-state index in [2.05, 4.69) is 15.3 Å². The van der Waals surface area contributed by atoms with Gasteiger partial charge in [0.05, 0.1) is 13.1 Å². The van der Waals surface area contributed by atoms with Crippen LogP contribution >= 0.6 is 0 Å². The Balaban J connectivity index is 1.94. The van der Waals surface area contributed by atoms with Crippen molar-refractivity contribution in [1.29, 1.82) is 0 Å². The standard InChI is InChI=1S/C21H35N5O2/c1-5-22-21(25(4)16-20(27)26(6-2)7-3)24-15-17-12-13-19(23-14-17)28-18-10-8-9-11-18/h12-14,18H,5-11,15-16H2,1-4H3,(H,22,24). The van der Waals surface area contributed by atoms with E-state index in [0.717, 1.165) is 38.0 Å². The lowest BCUT2D eigenvalue weighted by Crippen LogP contribution is -2.45. The molecule has 0 unspecified atom stereocenters. The van der Waals surface area contributed by atoms with Crippen LogP contribution in [0.4, 0.5) is 0 Å². The summed E-state index contributed by atoms with van der Waals surface area (Å²) in [7, 11) is 1.89. The molecule has 1 aliphatic rings. The Hall–Kier alpha value is -2.31. The topological polar surface area (TPSA) is 70.1 Å². The van der Waals surface area contributed by atoms with Crippen molar-refractivity contribution in [3.05, 3.63) is 23.9 Å². The third-order valence-corrected chi connectivity index (χ3v) is 4.98. The van der Waals surface area contributed by atoms with Crippen molar-refractivity contribution in [2.45, 2.75) is 59.1 Å². The van der Waals surface area contributed by atoms with Crippen molar-refractivity contribution in [2.24, 2.45) is 4.99 Å². The van der Waals surface area contributed by atoms with Crippen molar-refractivity contribution in [3.63, 3.8) is 0 Å². The Kier molecular flexibility index (Phi) is 9.04. The van der Waals surface area contributed by atoms with E-state index >= 15 is 0 Å². The number of nitrogens with zero attached hydrogens (tertiary/aromatic N) is 4. The van der Waals surface area contributed by atoms with E-state index in [9.17, 15) is 4.79 Å². The van der Waals surface area contributed by atoms with Gasteiger partial charge < -0.3 is 19.9 Å². The maximum Gasteiger partial charge on any atom is 0.242 e. The van der Waals surface area contributed by atoms with E-state index in [-0.39, 0.29) is 5.91 Å². The Bertz CT molecular complexity index is 622. The van der Waals surface area contributed by atoms with Crippen molar-refractivity contribution in [1.82, 2.24) is 20.1 Å². The first kappa shape index (κ1) is 22.0. The van der Waals surface area contributed by atoms with Crippen molar-refractivity contribution >= 4 is 11.9 Å². The molecule has 0 aromatic carbocycles. The average Bonchev–Trinajstić information content (AvgIpc) is 3.20. The number of hydrogen-bond acceptors (Lipinski definition) is 4. The van der Waals surface area contributed by atoms with Gasteiger partial charge in [-0.15, -0.1) is 0 Å². The van der Waals surface area contributed by atoms with Crippen molar-refractivity contribution in [2.75, 3.05) is 33.2 Å². The number of likely N-dealkylation sites (N-methyl/N-ethyl adjacent to an activating group) is 2. The Labute approximate surface area is 169 Å². The summed E-state index contributed by atoms with van der Waals surface area (Å²) in [5.74, 6) is 1.51. The molecular weight excluding hydrogens is 354 g/mol. The molecule has 1 N–H and O–H groups in total. The van der Waals surface area contributed by atoms with Crippen LogP contribution in [0.25, 0.3) is 0 Å². The summed E-state index contributed by atoms with van der Waals surface area (Å²) in [5.41, 5.74) is 1.01. The minimum atomic E-state index is 0.105. The summed E-state index contributed by atoms with van der Waals surface area (Å²) in [6.07, 6.45) is 6.87. The minimum absolute atomic E-state index is 0.105. The number of amides is 1. The highest BCUT2D eigenvalue weighted by molar-refractivity contribution is 5.86. The molecule has 1 aromatic rings. The van der Waals surface area contributed by atoms with Crippen LogP contribution in [0.1, 0.15) is 52.0 Å². The van der Waals surface area contributed by atoms with E-state index in [4.69, 9.17) is 4.74 Å². The average molecular weight is 390 g/mol. The smallest absolute Gasteiger partial charge is 0.242 e. The van der Waals surface area contributed by atoms with Gasteiger partial charge in [-0.1, -0.05) is 6.07 Å². The lowest BCUT2D eigenvalue weighted by atomic mass is 10.3. The van der Waals surface area contributed by atoms with Gasteiger partial charge in [-0.05, 0) is 52.0 Å². The van der Waals surface area contributed by atoms with E-state index in [1.807, 2.05) is 55.9 Å². The van der Waals surface area contributed by atoms with E-state index in [1.54, 1.807) is 0 Å². The SMILES string of the molecule is CCNC(=NCc1ccc(OC2CCCC2)nc1)N(C)CC(=O)N(CC)CC. The normalized spacial score (nSPS) is 14.8. The number of aliphatic imine (C=N–C) groups is 1. The summed E-state index contributed by atoms with van der Waals surface area (Å²) in [5, 5.41) is 3.25. The molecular formula is C21H35N5O2. The molecule has 7 heteroatoms. The van der Waals surface area contributed by atoms with Gasteiger partial charge in [-0.3, -0.25) is 4.79 Å². The van der Waals surface area contributed by atoms with Crippen LogP contribution in [0, 0.1) is 0 Å². The van der Waals surface area contributed by atoms with Gasteiger partial charge in [-0.2, -0.15) is 0 Å². The number of hydrogen-bond donors (Lipinski definition) is 1. The van der Waals surface area contributed by atoms with Crippen molar-refractivity contribution < 1.29 is 9.53 Å². The van der Waals surface area contributed by atoms with E-state index in [1.165, 1.54) is 12.8 Å². The van der Waals surface area contributed by atoms with Gasteiger partial charge in [0.1, 0.15) is 6.10 Å². The molecule has 156 valence electrons. The maximum atomic E-state index is 12.4. The van der Waals surface area contributed by atoms with Crippen LogP contribution in [0.3, 0.4) is 0 Å². The lowest BCUT2D eigenvalue weighted by Gasteiger charge is -2.25. The summed E-state index contributed by atoms with van der Waals surface area (Å²) >= 11 is 0. The second-order valence-electron chi connectivity index (χ2n) is 7.12. The monoisotopic (exact) mass is 389 g/mol. The first-order valence-corrected chi connectivity index (χ1v) is 10.5. The van der Waals surface area contributed by atoms with Gasteiger partial charge in [0.2, 0.25) is 11.8 Å². The first-order chi connectivity index (χ1) is 13.6. The first-order valence-electron chi connectivity index (χ1n) is 10.5. The van der Waals surface area contributed by atoms with Crippen LogP contribution in [0.15, 0.2) is 23.3 Å². The zero-order chi connectivity index (χ0) is 20.4. The number of nitrogens with one attached hydrogen (secondary N) is 1. The number of rotatable bonds is 9. The van der Waals surface area contributed by atoms with Gasteiger partial charge in [0.25, 0.3) is 0 Å². The summed E-state index contributed by atoms with van der Waals surface area (Å²) in [6, 6.07) is 3.93. The fourth-order valence-electron chi connectivity index (χ4n) is 3.34. The highest BCUT2D eigenvalue weighted by atomic mass is 16.5. The molecule has 1 amide bonds. The van der Waals surface area contributed by atoms with E-state index < -0.39 is 0 Å². The Morgan fingerprint density at radius 3 is 2.54 bits per heavy atom.